The summed E-state index contributed by atoms with van der Waals surface area (Å²) in [6, 6.07) is 2.80. The number of hydrogen-bond acceptors (Lipinski definition) is 6. The molecule has 0 spiro atoms. The lowest BCUT2D eigenvalue weighted by Crippen LogP contribution is -3.13. The van der Waals surface area contributed by atoms with Gasteiger partial charge in [0.2, 0.25) is 6.79 Å². The minimum atomic E-state index is -0.541. The molecule has 3 N–H and O–H groups in total. The average molecular weight is 296 g/mol. The molecule has 2 aliphatic heterocycles. The van der Waals surface area contributed by atoms with Crippen molar-refractivity contribution >= 4 is 5.97 Å². The van der Waals surface area contributed by atoms with Crippen LogP contribution in [0.5, 0.6) is 17.2 Å². The van der Waals surface area contributed by atoms with Gasteiger partial charge in [0.05, 0.1) is 12.7 Å². The molecule has 1 saturated heterocycles. The van der Waals surface area contributed by atoms with Gasteiger partial charge in [0.15, 0.2) is 17.5 Å². The maximum atomic E-state index is 11.8. The van der Waals surface area contributed by atoms with Crippen molar-refractivity contribution in [3.05, 3.63) is 17.7 Å². The van der Waals surface area contributed by atoms with E-state index >= 15 is 0 Å². The van der Waals surface area contributed by atoms with E-state index in [9.17, 15) is 15.0 Å². The third-order valence-electron chi connectivity index (χ3n) is 3.98. The van der Waals surface area contributed by atoms with Crippen LogP contribution in [0.2, 0.25) is 0 Å². The number of rotatable bonds is 3. The van der Waals surface area contributed by atoms with Crippen molar-refractivity contribution in [1.82, 2.24) is 0 Å². The Morgan fingerprint density at radius 1 is 1.43 bits per heavy atom. The molecule has 1 aromatic carbocycles. The van der Waals surface area contributed by atoms with Crippen LogP contribution in [0.3, 0.4) is 0 Å². The van der Waals surface area contributed by atoms with Crippen molar-refractivity contribution in [2.75, 3.05) is 20.4 Å². The summed E-state index contributed by atoms with van der Waals surface area (Å²) in [5.74, 6) is 0.840. The van der Waals surface area contributed by atoms with Gasteiger partial charge in [-0.3, -0.25) is 0 Å². The minimum absolute atomic E-state index is 0.0942. The van der Waals surface area contributed by atoms with E-state index < -0.39 is 12.1 Å². The lowest BCUT2D eigenvalue weighted by atomic mass is 10.1. The Balaban J connectivity index is 1.81. The molecule has 7 heteroatoms. The van der Waals surface area contributed by atoms with Crippen LogP contribution in [-0.4, -0.2) is 48.8 Å². The summed E-state index contributed by atoms with van der Waals surface area (Å²) in [4.78, 5) is 12.6. The third-order valence-corrected chi connectivity index (χ3v) is 3.98. The molecular weight excluding hydrogens is 278 g/mol. The highest BCUT2D eigenvalue weighted by molar-refractivity contribution is 5.74. The molecule has 0 aromatic heterocycles. The number of benzene rings is 1. The number of aliphatic hydroxyl groups excluding tert-OH is 1. The van der Waals surface area contributed by atoms with Gasteiger partial charge in [-0.1, -0.05) is 0 Å². The maximum Gasteiger partial charge on any atom is 0.364 e. The lowest BCUT2D eigenvalue weighted by Gasteiger charge is -2.19. The number of phenolic OH excluding ortho intramolecular Hbond substituents is 1. The van der Waals surface area contributed by atoms with Crippen molar-refractivity contribution in [3.63, 3.8) is 0 Å². The van der Waals surface area contributed by atoms with Crippen LogP contribution >= 0.6 is 0 Å². The molecule has 2 aliphatic rings. The summed E-state index contributed by atoms with van der Waals surface area (Å²) in [7, 11) is 1.34. The number of ether oxygens (including phenoxy) is 3. The van der Waals surface area contributed by atoms with E-state index in [4.69, 9.17) is 14.2 Å². The number of hydrogen-bond donors (Lipinski definition) is 3. The van der Waals surface area contributed by atoms with Gasteiger partial charge in [-0.25, -0.2) is 4.79 Å². The summed E-state index contributed by atoms with van der Waals surface area (Å²) in [5.41, 5.74) is 0.650. The van der Waals surface area contributed by atoms with Gasteiger partial charge < -0.3 is 29.3 Å². The molecule has 1 fully saturated rings. The van der Waals surface area contributed by atoms with Crippen LogP contribution in [-0.2, 0) is 16.1 Å². The van der Waals surface area contributed by atoms with Gasteiger partial charge in [-0.05, 0) is 6.07 Å². The van der Waals surface area contributed by atoms with Crippen LogP contribution in [0, 0.1) is 0 Å². The van der Waals surface area contributed by atoms with Crippen molar-refractivity contribution in [1.29, 1.82) is 0 Å². The molecule has 1 unspecified atom stereocenters. The molecule has 0 saturated carbocycles. The van der Waals surface area contributed by atoms with E-state index in [1.165, 1.54) is 13.2 Å². The van der Waals surface area contributed by atoms with E-state index in [0.29, 0.717) is 36.6 Å². The summed E-state index contributed by atoms with van der Waals surface area (Å²) >= 11 is 0. The Kier molecular flexibility index (Phi) is 3.60. The molecule has 1 aromatic rings. The Labute approximate surface area is 121 Å². The maximum absolute atomic E-state index is 11.8. The number of fused-ring (bicyclic) bond motifs is 1. The van der Waals surface area contributed by atoms with Crippen LogP contribution in [0.4, 0.5) is 0 Å². The van der Waals surface area contributed by atoms with Crippen molar-refractivity contribution in [3.8, 4) is 17.2 Å². The zero-order chi connectivity index (χ0) is 15.0. The summed E-state index contributed by atoms with van der Waals surface area (Å²) in [6.45, 7) is 0.977. The number of carbonyl (C=O) groups excluding carboxylic acids is 1. The second kappa shape index (κ2) is 5.42. The molecule has 0 aliphatic carbocycles. The molecule has 0 bridgehead atoms. The Morgan fingerprint density at radius 2 is 2.14 bits per heavy atom. The van der Waals surface area contributed by atoms with Gasteiger partial charge in [0.1, 0.15) is 24.9 Å². The number of methoxy groups -OCH3 is 1. The van der Waals surface area contributed by atoms with Gasteiger partial charge in [-0.2, -0.15) is 0 Å². The second-order valence-corrected chi connectivity index (χ2v) is 5.34. The molecule has 114 valence electrons. The van der Waals surface area contributed by atoms with E-state index in [1.54, 1.807) is 6.07 Å². The van der Waals surface area contributed by atoms with E-state index in [2.05, 4.69) is 0 Å². The fourth-order valence-corrected chi connectivity index (χ4v) is 2.93. The molecule has 3 atom stereocenters. The number of aromatic hydroxyl groups is 1. The van der Waals surface area contributed by atoms with Crippen LogP contribution in [0.25, 0.3) is 0 Å². The normalized spacial score (nSPS) is 26.9. The summed E-state index contributed by atoms with van der Waals surface area (Å²) in [5, 5.41) is 19.8. The Bertz CT molecular complexity index is 561. The Hall–Kier alpha value is -1.99. The predicted molar refractivity (Wildman–Crippen MR) is 70.2 cm³/mol. The largest absolute Gasteiger partial charge is 0.507 e. The highest BCUT2D eigenvalue weighted by atomic mass is 16.7. The quantitative estimate of drug-likeness (QED) is 0.608. The third kappa shape index (κ3) is 2.62. The zero-order valence-corrected chi connectivity index (χ0v) is 11.7. The van der Waals surface area contributed by atoms with Gasteiger partial charge in [0.25, 0.3) is 0 Å². The number of nitrogens with one attached hydrogen (secondary N) is 1. The summed E-state index contributed by atoms with van der Waals surface area (Å²) < 4.78 is 15.3. The molecule has 0 amide bonds. The van der Waals surface area contributed by atoms with Gasteiger partial charge >= 0.3 is 5.97 Å². The molecule has 0 radical (unpaired) electrons. The number of carbonyl (C=O) groups is 1. The topological polar surface area (TPSA) is 89.7 Å². The van der Waals surface area contributed by atoms with E-state index in [0.717, 1.165) is 4.90 Å². The fraction of sp³-hybridized carbons (Fsp3) is 0.500. The van der Waals surface area contributed by atoms with Crippen LogP contribution < -0.4 is 14.4 Å². The molecule has 21 heavy (non-hydrogen) atoms. The number of phenols is 1. The molecular formula is C14H18NO6+. The second-order valence-electron chi connectivity index (χ2n) is 5.34. The van der Waals surface area contributed by atoms with Gasteiger partial charge in [-0.15, -0.1) is 0 Å². The van der Waals surface area contributed by atoms with Crippen LogP contribution in [0.15, 0.2) is 12.1 Å². The molecule has 2 heterocycles. The van der Waals surface area contributed by atoms with E-state index in [-0.39, 0.29) is 18.5 Å². The fourth-order valence-electron chi connectivity index (χ4n) is 2.93. The Morgan fingerprint density at radius 3 is 2.86 bits per heavy atom. The average Bonchev–Trinajstić information content (AvgIpc) is 3.04. The summed E-state index contributed by atoms with van der Waals surface area (Å²) in [6.07, 6.45) is -0.173. The smallest absolute Gasteiger partial charge is 0.364 e. The lowest BCUT2D eigenvalue weighted by molar-refractivity contribution is -0.918. The predicted octanol–water partition coefficient (Wildman–Crippen LogP) is -1.19. The first kappa shape index (κ1) is 14.0. The van der Waals surface area contributed by atoms with Crippen molar-refractivity contribution in [2.45, 2.75) is 25.1 Å². The first-order valence-corrected chi connectivity index (χ1v) is 6.80. The van der Waals surface area contributed by atoms with E-state index in [1.807, 2.05) is 0 Å². The number of likely N-dealkylation sites (tertiary alicyclic amines) is 1. The number of aliphatic hydroxyl groups is 1. The van der Waals surface area contributed by atoms with Crippen LogP contribution in [0.1, 0.15) is 12.0 Å². The molecule has 7 nitrogen and oxygen atoms in total. The zero-order valence-electron chi connectivity index (χ0n) is 11.7. The molecule has 3 rings (SSSR count). The highest BCUT2D eigenvalue weighted by Gasteiger charge is 2.41. The van der Waals surface area contributed by atoms with Crippen molar-refractivity contribution in [2.24, 2.45) is 0 Å². The first-order chi connectivity index (χ1) is 10.1. The highest BCUT2D eigenvalue weighted by Crippen LogP contribution is 2.37. The number of esters is 1. The first-order valence-electron chi connectivity index (χ1n) is 6.80. The minimum Gasteiger partial charge on any atom is -0.507 e. The monoisotopic (exact) mass is 296 g/mol. The number of quaternary nitrogens is 1. The van der Waals surface area contributed by atoms with Gasteiger partial charge in [0, 0.05) is 12.5 Å². The standard InChI is InChI=1S/C14H17NO6/c1-19-14(18)10-3-9(16)6-15(10)5-8-2-12-13(4-11(8)17)21-7-20-12/h2,4,9-10,16-17H,3,5-7H2,1H3/p+1/t9-,10+/m1/s1. The SMILES string of the molecule is COC(=O)[C@@H]1C[C@@H](O)C[NH+]1Cc1cc2c(cc1O)OCO2. The van der Waals surface area contributed by atoms with Crippen molar-refractivity contribution < 1.29 is 34.1 Å².